The Morgan fingerprint density at radius 1 is 1.33 bits per heavy atom. The molecule has 0 aliphatic heterocycles. The highest BCUT2D eigenvalue weighted by atomic mass is 16.5. The van der Waals surface area contributed by atoms with Crippen molar-refractivity contribution in [2.24, 2.45) is 0 Å². The lowest BCUT2D eigenvalue weighted by atomic mass is 9.99. The van der Waals surface area contributed by atoms with E-state index >= 15 is 0 Å². The molecule has 1 heterocycles. The number of carbonyl (C=O) groups excluding carboxylic acids is 1. The van der Waals surface area contributed by atoms with Crippen LogP contribution in [0.3, 0.4) is 0 Å². The Balaban J connectivity index is 2.11. The summed E-state index contributed by atoms with van der Waals surface area (Å²) >= 11 is 0. The van der Waals surface area contributed by atoms with Gasteiger partial charge in [0.25, 0.3) is 0 Å². The highest BCUT2D eigenvalue weighted by Crippen LogP contribution is 2.31. The van der Waals surface area contributed by atoms with Crippen LogP contribution < -0.4 is 0 Å². The van der Waals surface area contributed by atoms with Crippen molar-refractivity contribution in [3.05, 3.63) is 11.7 Å². The van der Waals surface area contributed by atoms with Crippen LogP contribution in [0.5, 0.6) is 0 Å². The minimum atomic E-state index is -0.225. The van der Waals surface area contributed by atoms with Gasteiger partial charge in [-0.15, -0.1) is 0 Å². The Labute approximate surface area is 108 Å². The number of rotatable bonds is 4. The van der Waals surface area contributed by atoms with Crippen molar-refractivity contribution in [1.82, 2.24) is 10.1 Å². The van der Waals surface area contributed by atoms with Gasteiger partial charge in [-0.1, -0.05) is 37.8 Å². The minimum Gasteiger partial charge on any atom is -0.339 e. The van der Waals surface area contributed by atoms with Gasteiger partial charge in [0.15, 0.2) is 5.82 Å². The van der Waals surface area contributed by atoms with Crippen LogP contribution in [0.15, 0.2) is 4.52 Å². The largest absolute Gasteiger partial charge is 0.339 e. The summed E-state index contributed by atoms with van der Waals surface area (Å²) in [7, 11) is 0. The average molecular weight is 250 g/mol. The Bertz CT molecular complexity index is 392. The topological polar surface area (TPSA) is 56.0 Å². The highest BCUT2D eigenvalue weighted by Gasteiger charge is 2.25. The molecule has 4 nitrogen and oxygen atoms in total. The zero-order valence-corrected chi connectivity index (χ0v) is 11.3. The Kier molecular flexibility index (Phi) is 4.50. The molecule has 1 aromatic heterocycles. The summed E-state index contributed by atoms with van der Waals surface area (Å²) in [5.74, 6) is 1.62. The number of aromatic nitrogens is 2. The number of ketones is 1. The fourth-order valence-electron chi connectivity index (χ4n) is 2.73. The number of hydrogen-bond donors (Lipinski definition) is 0. The molecule has 1 saturated carbocycles. The fraction of sp³-hybridized carbons (Fsp3) is 0.786. The third kappa shape index (κ3) is 2.98. The van der Waals surface area contributed by atoms with Gasteiger partial charge in [0.2, 0.25) is 5.89 Å². The predicted molar refractivity (Wildman–Crippen MR) is 68.5 cm³/mol. The van der Waals surface area contributed by atoms with E-state index in [2.05, 4.69) is 10.1 Å². The molecule has 1 aliphatic carbocycles. The van der Waals surface area contributed by atoms with Crippen LogP contribution in [-0.2, 0) is 4.79 Å². The van der Waals surface area contributed by atoms with Crippen LogP contribution in [0, 0.1) is 0 Å². The highest BCUT2D eigenvalue weighted by molar-refractivity contribution is 5.82. The van der Waals surface area contributed by atoms with Gasteiger partial charge in [0.05, 0.1) is 5.92 Å². The second kappa shape index (κ2) is 6.12. The fourth-order valence-corrected chi connectivity index (χ4v) is 2.73. The molecule has 0 radical (unpaired) electrons. The third-order valence-corrected chi connectivity index (χ3v) is 3.87. The molecule has 0 aromatic carbocycles. The molecule has 4 heteroatoms. The lowest BCUT2D eigenvalue weighted by Gasteiger charge is -2.08. The van der Waals surface area contributed by atoms with E-state index < -0.39 is 0 Å². The van der Waals surface area contributed by atoms with Crippen molar-refractivity contribution < 1.29 is 9.32 Å². The second-order valence-electron chi connectivity index (χ2n) is 5.25. The zero-order chi connectivity index (χ0) is 13.0. The minimum absolute atomic E-state index is 0.105. The molecule has 1 aliphatic rings. The Hall–Kier alpha value is -1.19. The summed E-state index contributed by atoms with van der Waals surface area (Å²) in [6.45, 7) is 3.56. The molecule has 1 fully saturated rings. The van der Waals surface area contributed by atoms with Crippen LogP contribution in [0.2, 0.25) is 0 Å². The number of Topliss-reactive ketones (excluding diaryl/α,β-unsaturated/α-hetero) is 1. The molecule has 100 valence electrons. The van der Waals surface area contributed by atoms with E-state index in [-0.39, 0.29) is 11.7 Å². The molecule has 0 N–H and O–H groups in total. The standard InChI is InChI=1S/C14H22N2O2/c1-3-12(10(2)17)14-15-13(16-18-14)11-8-6-4-5-7-9-11/h11-12H,3-9H2,1-2H3. The molecule has 2 rings (SSSR count). The van der Waals surface area contributed by atoms with E-state index in [4.69, 9.17) is 4.52 Å². The van der Waals surface area contributed by atoms with Gasteiger partial charge in [-0.25, -0.2) is 0 Å². The number of carbonyl (C=O) groups is 1. The van der Waals surface area contributed by atoms with Crippen molar-refractivity contribution in [2.75, 3.05) is 0 Å². The zero-order valence-electron chi connectivity index (χ0n) is 11.3. The maximum absolute atomic E-state index is 11.5. The first kappa shape index (κ1) is 13.2. The summed E-state index contributed by atoms with van der Waals surface area (Å²) in [4.78, 5) is 16.0. The van der Waals surface area contributed by atoms with Crippen molar-refractivity contribution >= 4 is 5.78 Å². The van der Waals surface area contributed by atoms with Gasteiger partial charge in [-0.05, 0) is 26.2 Å². The smallest absolute Gasteiger partial charge is 0.237 e. The van der Waals surface area contributed by atoms with E-state index in [1.807, 2.05) is 6.92 Å². The SMILES string of the molecule is CCC(C(C)=O)c1nc(C2CCCCCC2)no1. The molecule has 18 heavy (non-hydrogen) atoms. The van der Waals surface area contributed by atoms with Crippen molar-refractivity contribution in [2.45, 2.75) is 70.6 Å². The van der Waals surface area contributed by atoms with E-state index in [1.165, 1.54) is 25.7 Å². The molecular formula is C14H22N2O2. The van der Waals surface area contributed by atoms with E-state index in [0.717, 1.165) is 25.1 Å². The van der Waals surface area contributed by atoms with Gasteiger partial charge < -0.3 is 4.52 Å². The average Bonchev–Trinajstić information content (AvgIpc) is 2.65. The first-order chi connectivity index (χ1) is 8.72. The lowest BCUT2D eigenvalue weighted by Crippen LogP contribution is -2.08. The molecule has 0 bridgehead atoms. The monoisotopic (exact) mass is 250 g/mol. The molecule has 1 unspecified atom stereocenters. The molecule has 1 atom stereocenters. The summed E-state index contributed by atoms with van der Waals surface area (Å²) in [5, 5.41) is 4.09. The third-order valence-electron chi connectivity index (χ3n) is 3.87. The van der Waals surface area contributed by atoms with Gasteiger partial charge in [0, 0.05) is 5.92 Å². The van der Waals surface area contributed by atoms with E-state index in [0.29, 0.717) is 11.8 Å². The number of hydrogen-bond acceptors (Lipinski definition) is 4. The van der Waals surface area contributed by atoms with Crippen LogP contribution in [0.25, 0.3) is 0 Å². The maximum atomic E-state index is 11.5. The Morgan fingerprint density at radius 3 is 2.56 bits per heavy atom. The maximum Gasteiger partial charge on any atom is 0.237 e. The number of nitrogens with zero attached hydrogens (tertiary/aromatic N) is 2. The predicted octanol–water partition coefficient (Wildman–Crippen LogP) is 3.59. The molecular weight excluding hydrogens is 228 g/mol. The van der Waals surface area contributed by atoms with Crippen molar-refractivity contribution in [3.8, 4) is 0 Å². The first-order valence-corrected chi connectivity index (χ1v) is 7.06. The molecule has 0 amide bonds. The van der Waals surface area contributed by atoms with Gasteiger partial charge in [-0.2, -0.15) is 4.98 Å². The molecule has 0 saturated heterocycles. The van der Waals surface area contributed by atoms with Crippen molar-refractivity contribution in [1.29, 1.82) is 0 Å². The summed E-state index contributed by atoms with van der Waals surface area (Å²) in [5.41, 5.74) is 0. The van der Waals surface area contributed by atoms with Crippen LogP contribution >= 0.6 is 0 Å². The van der Waals surface area contributed by atoms with Crippen LogP contribution in [0.4, 0.5) is 0 Å². The van der Waals surface area contributed by atoms with Gasteiger partial charge in [0.1, 0.15) is 5.78 Å². The summed E-state index contributed by atoms with van der Waals surface area (Å²) in [6.07, 6.45) is 8.14. The van der Waals surface area contributed by atoms with Crippen molar-refractivity contribution in [3.63, 3.8) is 0 Å². The lowest BCUT2D eigenvalue weighted by molar-refractivity contribution is -0.119. The Morgan fingerprint density at radius 2 is 2.00 bits per heavy atom. The van der Waals surface area contributed by atoms with Gasteiger partial charge >= 0.3 is 0 Å². The summed E-state index contributed by atoms with van der Waals surface area (Å²) in [6, 6.07) is 0. The van der Waals surface area contributed by atoms with Gasteiger partial charge in [-0.3, -0.25) is 4.79 Å². The van der Waals surface area contributed by atoms with Crippen LogP contribution in [-0.4, -0.2) is 15.9 Å². The molecule has 1 aromatic rings. The van der Waals surface area contributed by atoms with E-state index in [9.17, 15) is 4.79 Å². The molecule has 0 spiro atoms. The van der Waals surface area contributed by atoms with Crippen LogP contribution in [0.1, 0.15) is 82.3 Å². The first-order valence-electron chi connectivity index (χ1n) is 7.06. The quantitative estimate of drug-likeness (QED) is 0.766. The normalized spacial score (nSPS) is 19.4. The summed E-state index contributed by atoms with van der Waals surface area (Å²) < 4.78 is 5.29. The second-order valence-corrected chi connectivity index (χ2v) is 5.25. The van der Waals surface area contributed by atoms with E-state index in [1.54, 1.807) is 6.92 Å².